The molecule has 2 heteroatoms. The van der Waals surface area contributed by atoms with Gasteiger partial charge in [0, 0.05) is 0 Å². The van der Waals surface area contributed by atoms with Crippen LogP contribution in [-0.2, 0) is 0 Å². The maximum Gasteiger partial charge on any atom is 0.120 e. The van der Waals surface area contributed by atoms with Crippen LogP contribution in [0, 0.1) is 11.3 Å². The van der Waals surface area contributed by atoms with E-state index in [1.165, 1.54) is 26.5 Å². The second kappa shape index (κ2) is 4.11. The molecular formula is C11H24B2. The molecule has 0 amide bonds. The zero-order valence-electron chi connectivity index (χ0n) is 10.1. The van der Waals surface area contributed by atoms with Crippen molar-refractivity contribution < 1.29 is 0 Å². The second-order valence-corrected chi connectivity index (χ2v) is 6.15. The highest BCUT2D eigenvalue weighted by atomic mass is 14.3. The fourth-order valence-electron chi connectivity index (χ4n) is 2.79. The van der Waals surface area contributed by atoms with Gasteiger partial charge in [-0.15, -0.1) is 0 Å². The van der Waals surface area contributed by atoms with Gasteiger partial charge in [0.15, 0.2) is 0 Å². The van der Waals surface area contributed by atoms with E-state index >= 15 is 0 Å². The molecule has 0 nitrogen and oxygen atoms in total. The molecule has 0 aromatic heterocycles. The van der Waals surface area contributed by atoms with Crippen LogP contribution in [0.5, 0.6) is 0 Å². The lowest BCUT2D eigenvalue weighted by atomic mass is 9.51. The van der Waals surface area contributed by atoms with Crippen LogP contribution in [-0.4, -0.2) is 15.1 Å². The lowest BCUT2D eigenvalue weighted by molar-refractivity contribution is 0.180. The molecule has 3 atom stereocenters. The van der Waals surface area contributed by atoms with Gasteiger partial charge >= 0.3 is 0 Å². The van der Waals surface area contributed by atoms with Crippen molar-refractivity contribution in [2.75, 3.05) is 0 Å². The highest BCUT2D eigenvalue weighted by Crippen LogP contribution is 2.45. The Balaban J connectivity index is 2.57. The third-order valence-corrected chi connectivity index (χ3v) is 3.84. The van der Waals surface area contributed by atoms with E-state index in [1.54, 1.807) is 0 Å². The van der Waals surface area contributed by atoms with Crippen LogP contribution in [0.1, 0.15) is 40.0 Å². The fourth-order valence-corrected chi connectivity index (χ4v) is 2.79. The first-order chi connectivity index (χ1) is 5.93. The van der Waals surface area contributed by atoms with Crippen molar-refractivity contribution in [1.29, 1.82) is 0 Å². The van der Waals surface area contributed by atoms with E-state index in [0.29, 0.717) is 5.41 Å². The quantitative estimate of drug-likeness (QED) is 0.541. The molecule has 0 aromatic rings. The SMILES string of the molecule is BC1CC(BC)CC(C(C)(C)C)C1. The summed E-state index contributed by atoms with van der Waals surface area (Å²) in [5.41, 5.74) is 0.530. The van der Waals surface area contributed by atoms with Crippen LogP contribution in [0.4, 0.5) is 0 Å². The van der Waals surface area contributed by atoms with Gasteiger partial charge in [0.1, 0.15) is 15.1 Å². The first-order valence-electron chi connectivity index (χ1n) is 5.93. The van der Waals surface area contributed by atoms with E-state index in [0.717, 1.165) is 17.6 Å². The van der Waals surface area contributed by atoms with Gasteiger partial charge in [0.25, 0.3) is 0 Å². The highest BCUT2D eigenvalue weighted by Gasteiger charge is 2.32. The number of rotatable bonds is 1. The molecule has 13 heavy (non-hydrogen) atoms. The summed E-state index contributed by atoms with van der Waals surface area (Å²) in [5.74, 6) is 2.93. The van der Waals surface area contributed by atoms with Gasteiger partial charge < -0.3 is 0 Å². The van der Waals surface area contributed by atoms with E-state index in [4.69, 9.17) is 0 Å². The molecule has 0 spiro atoms. The third-order valence-electron chi connectivity index (χ3n) is 3.84. The van der Waals surface area contributed by atoms with Gasteiger partial charge in [-0.1, -0.05) is 58.5 Å². The summed E-state index contributed by atoms with van der Waals surface area (Å²) in [5, 5.41) is 0. The van der Waals surface area contributed by atoms with E-state index in [2.05, 4.69) is 35.4 Å². The van der Waals surface area contributed by atoms with E-state index in [9.17, 15) is 0 Å². The van der Waals surface area contributed by atoms with Crippen molar-refractivity contribution in [1.82, 2.24) is 0 Å². The van der Waals surface area contributed by atoms with Gasteiger partial charge in [-0.25, -0.2) is 0 Å². The molecule has 0 N–H and O–H groups in total. The maximum atomic E-state index is 2.43. The van der Waals surface area contributed by atoms with Gasteiger partial charge in [-0.3, -0.25) is 0 Å². The molecule has 74 valence electrons. The molecule has 1 fully saturated rings. The molecule has 0 aromatic carbocycles. The number of hydrogen-bond donors (Lipinski definition) is 0. The van der Waals surface area contributed by atoms with Crippen LogP contribution in [0.25, 0.3) is 0 Å². The Morgan fingerprint density at radius 3 is 2.23 bits per heavy atom. The van der Waals surface area contributed by atoms with Crippen molar-refractivity contribution in [3.63, 3.8) is 0 Å². The van der Waals surface area contributed by atoms with Gasteiger partial charge in [0.05, 0.1) is 0 Å². The lowest BCUT2D eigenvalue weighted by Gasteiger charge is -2.40. The highest BCUT2D eigenvalue weighted by molar-refractivity contribution is 6.35. The lowest BCUT2D eigenvalue weighted by Crippen LogP contribution is -2.28. The zero-order chi connectivity index (χ0) is 10.1. The molecule has 1 saturated carbocycles. The van der Waals surface area contributed by atoms with E-state index in [1.807, 2.05) is 0 Å². The molecule has 0 bridgehead atoms. The minimum Gasteiger partial charge on any atom is -0.0891 e. The summed E-state index contributed by atoms with van der Waals surface area (Å²) >= 11 is 0. The summed E-state index contributed by atoms with van der Waals surface area (Å²) in [7, 11) is 3.82. The molecular weight excluding hydrogens is 154 g/mol. The zero-order valence-corrected chi connectivity index (χ0v) is 10.1. The molecule has 0 saturated heterocycles. The van der Waals surface area contributed by atoms with Crippen LogP contribution in [0.2, 0.25) is 18.5 Å². The van der Waals surface area contributed by atoms with E-state index < -0.39 is 0 Å². The predicted molar refractivity (Wildman–Crippen MR) is 65.9 cm³/mol. The van der Waals surface area contributed by atoms with Crippen molar-refractivity contribution in [2.24, 2.45) is 11.3 Å². The van der Waals surface area contributed by atoms with E-state index in [-0.39, 0.29) is 0 Å². The van der Waals surface area contributed by atoms with Gasteiger partial charge in [0.2, 0.25) is 0 Å². The normalized spacial score (nSPS) is 35.8. The van der Waals surface area contributed by atoms with Gasteiger partial charge in [-0.05, 0) is 11.3 Å². The molecule has 0 aliphatic heterocycles. The monoisotopic (exact) mass is 178 g/mol. The van der Waals surface area contributed by atoms with Gasteiger partial charge in [-0.2, -0.15) is 0 Å². The third kappa shape index (κ3) is 3.07. The van der Waals surface area contributed by atoms with Crippen LogP contribution < -0.4 is 0 Å². The van der Waals surface area contributed by atoms with Crippen molar-refractivity contribution in [2.45, 2.75) is 58.5 Å². The van der Waals surface area contributed by atoms with Crippen molar-refractivity contribution in [3.05, 3.63) is 0 Å². The van der Waals surface area contributed by atoms with Crippen LogP contribution in [0.15, 0.2) is 0 Å². The summed E-state index contributed by atoms with van der Waals surface area (Å²) < 4.78 is 0. The Labute approximate surface area is 85.5 Å². The Morgan fingerprint density at radius 1 is 1.15 bits per heavy atom. The predicted octanol–water partition coefficient (Wildman–Crippen LogP) is 2.53. The van der Waals surface area contributed by atoms with Crippen molar-refractivity contribution in [3.8, 4) is 0 Å². The summed E-state index contributed by atoms with van der Waals surface area (Å²) in [4.78, 5) is 0. The summed E-state index contributed by atoms with van der Waals surface area (Å²) in [6, 6.07) is 0. The molecule has 0 heterocycles. The second-order valence-electron chi connectivity index (χ2n) is 6.15. The molecule has 0 radical (unpaired) electrons. The molecule has 1 aliphatic rings. The summed E-state index contributed by atoms with van der Waals surface area (Å²) in [6.45, 7) is 9.57. The largest absolute Gasteiger partial charge is 0.120 e. The van der Waals surface area contributed by atoms with Crippen molar-refractivity contribution >= 4 is 15.1 Å². The molecule has 1 rings (SSSR count). The molecule has 3 unspecified atom stereocenters. The average Bonchev–Trinajstić information content (AvgIpc) is 2.01. The van der Waals surface area contributed by atoms with Crippen LogP contribution in [0.3, 0.4) is 0 Å². The summed E-state index contributed by atoms with van der Waals surface area (Å²) in [6.07, 6.45) is 4.41. The Bertz CT molecular complexity index is 160. The Hall–Kier alpha value is 0.130. The Morgan fingerprint density at radius 2 is 1.77 bits per heavy atom. The smallest absolute Gasteiger partial charge is 0.0891 e. The minimum atomic E-state index is 0.530. The first-order valence-corrected chi connectivity index (χ1v) is 5.93. The standard InChI is InChI=1S/C11H24B2/c1-11(2,3)8-5-9(12)7-10(6-8)13-4/h8-10,13H,5-7,12H2,1-4H3. The average molecular weight is 178 g/mol. The fraction of sp³-hybridized carbons (Fsp3) is 1.00. The topological polar surface area (TPSA) is 0 Å². The van der Waals surface area contributed by atoms with Crippen LogP contribution >= 0.6 is 0 Å². The Kier molecular flexibility index (Phi) is 3.54. The maximum absolute atomic E-state index is 2.43. The first kappa shape index (κ1) is 11.2. The minimum absolute atomic E-state index is 0.530. The number of hydrogen-bond acceptors (Lipinski definition) is 0. The molecule has 1 aliphatic carbocycles.